The standard InChI is InChI=1S/C21H25N3O4/c1-14-6-5-7-17(10-14)28-13-21(26)24-23-16(3)12-20(25)22-18-11-15(2)8-9-19(18)27-4/h5-11H,12-13H2,1-4H3,(H,22,25)(H,24,26)/b23-16+. The van der Waals surface area contributed by atoms with Crippen LogP contribution in [0.1, 0.15) is 24.5 Å². The van der Waals surface area contributed by atoms with E-state index in [0.717, 1.165) is 11.1 Å². The summed E-state index contributed by atoms with van der Waals surface area (Å²) in [6.07, 6.45) is 0.0378. The lowest BCUT2D eigenvalue weighted by molar-refractivity contribution is -0.123. The topological polar surface area (TPSA) is 89.0 Å². The molecule has 7 heteroatoms. The number of hydrogen-bond acceptors (Lipinski definition) is 5. The van der Waals surface area contributed by atoms with Gasteiger partial charge in [0.15, 0.2) is 6.61 Å². The van der Waals surface area contributed by atoms with Gasteiger partial charge in [0.1, 0.15) is 11.5 Å². The Morgan fingerprint density at radius 3 is 2.50 bits per heavy atom. The highest BCUT2D eigenvalue weighted by Gasteiger charge is 2.10. The lowest BCUT2D eigenvalue weighted by Crippen LogP contribution is -2.26. The minimum atomic E-state index is -0.401. The van der Waals surface area contributed by atoms with Crippen molar-refractivity contribution in [3.05, 3.63) is 53.6 Å². The molecule has 0 bridgehead atoms. The van der Waals surface area contributed by atoms with Gasteiger partial charge in [0.05, 0.1) is 19.2 Å². The first-order chi connectivity index (χ1) is 13.4. The fourth-order valence-electron chi connectivity index (χ4n) is 2.43. The van der Waals surface area contributed by atoms with Gasteiger partial charge in [0, 0.05) is 5.71 Å². The van der Waals surface area contributed by atoms with Gasteiger partial charge in [-0.05, 0) is 56.2 Å². The number of nitrogens with one attached hydrogen (secondary N) is 2. The molecule has 0 unspecified atom stereocenters. The van der Waals surface area contributed by atoms with Crippen molar-refractivity contribution < 1.29 is 19.1 Å². The number of ether oxygens (including phenoxy) is 2. The van der Waals surface area contributed by atoms with E-state index in [4.69, 9.17) is 9.47 Å². The van der Waals surface area contributed by atoms with E-state index in [1.165, 1.54) is 0 Å². The Hall–Kier alpha value is -3.35. The lowest BCUT2D eigenvalue weighted by atomic mass is 10.2. The molecule has 28 heavy (non-hydrogen) atoms. The molecule has 0 aromatic heterocycles. The fourth-order valence-corrected chi connectivity index (χ4v) is 2.43. The molecule has 0 heterocycles. The number of methoxy groups -OCH3 is 1. The Balaban J connectivity index is 1.82. The van der Waals surface area contributed by atoms with Crippen molar-refractivity contribution in [2.75, 3.05) is 19.0 Å². The molecule has 7 nitrogen and oxygen atoms in total. The van der Waals surface area contributed by atoms with Crippen LogP contribution in [-0.4, -0.2) is 31.2 Å². The third kappa shape index (κ3) is 6.75. The van der Waals surface area contributed by atoms with Crippen molar-refractivity contribution in [3.63, 3.8) is 0 Å². The zero-order valence-corrected chi connectivity index (χ0v) is 16.5. The molecule has 0 aliphatic carbocycles. The Bertz CT molecular complexity index is 878. The van der Waals surface area contributed by atoms with Crippen LogP contribution < -0.4 is 20.2 Å². The summed E-state index contributed by atoms with van der Waals surface area (Å²) in [4.78, 5) is 24.0. The average Bonchev–Trinajstić information content (AvgIpc) is 2.65. The van der Waals surface area contributed by atoms with Crippen LogP contribution in [0.3, 0.4) is 0 Å². The molecule has 0 aliphatic heterocycles. The van der Waals surface area contributed by atoms with E-state index in [-0.39, 0.29) is 18.9 Å². The van der Waals surface area contributed by atoms with Gasteiger partial charge in [0.2, 0.25) is 5.91 Å². The first-order valence-electron chi connectivity index (χ1n) is 8.83. The molecule has 0 saturated heterocycles. The summed E-state index contributed by atoms with van der Waals surface area (Å²) in [7, 11) is 1.54. The van der Waals surface area contributed by atoms with Crippen LogP contribution in [0, 0.1) is 13.8 Å². The lowest BCUT2D eigenvalue weighted by Gasteiger charge is -2.11. The van der Waals surface area contributed by atoms with Gasteiger partial charge >= 0.3 is 0 Å². The van der Waals surface area contributed by atoms with Crippen LogP contribution in [0.5, 0.6) is 11.5 Å². The summed E-state index contributed by atoms with van der Waals surface area (Å²) < 4.78 is 10.6. The number of anilines is 1. The van der Waals surface area contributed by atoms with E-state index < -0.39 is 5.91 Å². The van der Waals surface area contributed by atoms with E-state index in [1.807, 2.05) is 44.2 Å². The molecule has 0 fully saturated rings. The maximum absolute atomic E-state index is 12.2. The predicted octanol–water partition coefficient (Wildman–Crippen LogP) is 3.21. The Morgan fingerprint density at radius 1 is 1.04 bits per heavy atom. The van der Waals surface area contributed by atoms with Gasteiger partial charge in [-0.3, -0.25) is 9.59 Å². The predicted molar refractivity (Wildman–Crippen MR) is 109 cm³/mol. The van der Waals surface area contributed by atoms with Gasteiger partial charge in [-0.15, -0.1) is 0 Å². The van der Waals surface area contributed by atoms with Crippen LogP contribution in [0.15, 0.2) is 47.6 Å². The number of aryl methyl sites for hydroxylation is 2. The number of amides is 2. The quantitative estimate of drug-likeness (QED) is 0.541. The Labute approximate surface area is 164 Å². The first-order valence-corrected chi connectivity index (χ1v) is 8.83. The number of rotatable bonds is 8. The highest BCUT2D eigenvalue weighted by Crippen LogP contribution is 2.25. The van der Waals surface area contributed by atoms with Crippen molar-refractivity contribution >= 4 is 23.2 Å². The van der Waals surface area contributed by atoms with Crippen molar-refractivity contribution in [1.29, 1.82) is 0 Å². The second-order valence-corrected chi connectivity index (χ2v) is 6.42. The second-order valence-electron chi connectivity index (χ2n) is 6.42. The molecule has 2 aromatic rings. The van der Waals surface area contributed by atoms with Crippen LogP contribution in [0.25, 0.3) is 0 Å². The second kappa shape index (κ2) is 10.1. The largest absolute Gasteiger partial charge is 0.495 e. The normalized spacial score (nSPS) is 10.9. The molecule has 148 valence electrons. The third-order valence-electron chi connectivity index (χ3n) is 3.78. The molecule has 0 aliphatic rings. The Kier molecular flexibility index (Phi) is 7.56. The van der Waals surface area contributed by atoms with Crippen molar-refractivity contribution in [1.82, 2.24) is 5.43 Å². The van der Waals surface area contributed by atoms with Crippen molar-refractivity contribution in [2.45, 2.75) is 27.2 Å². The smallest absolute Gasteiger partial charge is 0.277 e. The molecule has 2 amide bonds. The fraction of sp³-hybridized carbons (Fsp3) is 0.286. The maximum atomic E-state index is 12.2. The van der Waals surface area contributed by atoms with E-state index in [0.29, 0.717) is 22.9 Å². The molecule has 0 saturated carbocycles. The SMILES string of the molecule is COc1ccc(C)cc1NC(=O)C/C(C)=N/NC(=O)COc1cccc(C)c1. The summed E-state index contributed by atoms with van der Waals surface area (Å²) in [6, 6.07) is 12.9. The number of carbonyl (C=O) groups is 2. The highest BCUT2D eigenvalue weighted by atomic mass is 16.5. The molecule has 0 radical (unpaired) electrons. The van der Waals surface area contributed by atoms with Crippen molar-refractivity contribution in [2.24, 2.45) is 5.10 Å². The minimum Gasteiger partial charge on any atom is -0.495 e. The molecule has 2 aromatic carbocycles. The molecular weight excluding hydrogens is 358 g/mol. The van der Waals surface area contributed by atoms with E-state index in [1.54, 1.807) is 26.2 Å². The average molecular weight is 383 g/mol. The molecular formula is C21H25N3O4. The van der Waals surface area contributed by atoms with Crippen molar-refractivity contribution in [3.8, 4) is 11.5 Å². The zero-order valence-electron chi connectivity index (χ0n) is 16.5. The van der Waals surface area contributed by atoms with E-state index in [9.17, 15) is 9.59 Å². The summed E-state index contributed by atoms with van der Waals surface area (Å²) >= 11 is 0. The third-order valence-corrected chi connectivity index (χ3v) is 3.78. The number of benzene rings is 2. The zero-order chi connectivity index (χ0) is 20.5. The molecule has 2 N–H and O–H groups in total. The highest BCUT2D eigenvalue weighted by molar-refractivity contribution is 6.06. The molecule has 0 spiro atoms. The van der Waals surface area contributed by atoms with Crippen LogP contribution in [-0.2, 0) is 9.59 Å². The van der Waals surface area contributed by atoms with Gasteiger partial charge < -0.3 is 14.8 Å². The maximum Gasteiger partial charge on any atom is 0.277 e. The first kappa shape index (κ1) is 21.0. The van der Waals surface area contributed by atoms with Crippen LogP contribution in [0.4, 0.5) is 5.69 Å². The summed E-state index contributed by atoms with van der Waals surface area (Å²) in [5.74, 6) is 0.537. The summed E-state index contributed by atoms with van der Waals surface area (Å²) in [5, 5.41) is 6.73. The van der Waals surface area contributed by atoms with Gasteiger partial charge in [-0.1, -0.05) is 18.2 Å². The minimum absolute atomic E-state index is 0.0378. The van der Waals surface area contributed by atoms with Gasteiger partial charge in [-0.2, -0.15) is 5.10 Å². The molecule has 0 atom stereocenters. The van der Waals surface area contributed by atoms with E-state index in [2.05, 4.69) is 15.8 Å². The number of carbonyl (C=O) groups excluding carboxylic acids is 2. The van der Waals surface area contributed by atoms with E-state index >= 15 is 0 Å². The van der Waals surface area contributed by atoms with Crippen LogP contribution in [0.2, 0.25) is 0 Å². The van der Waals surface area contributed by atoms with Crippen LogP contribution >= 0.6 is 0 Å². The summed E-state index contributed by atoms with van der Waals surface area (Å²) in [6.45, 7) is 5.37. The number of hydrazone groups is 1. The number of hydrogen-bond donors (Lipinski definition) is 2. The monoisotopic (exact) mass is 383 g/mol. The Morgan fingerprint density at radius 2 is 1.79 bits per heavy atom. The van der Waals surface area contributed by atoms with Gasteiger partial charge in [0.25, 0.3) is 5.91 Å². The number of nitrogens with zero attached hydrogens (tertiary/aromatic N) is 1. The molecule has 2 rings (SSSR count). The van der Waals surface area contributed by atoms with Gasteiger partial charge in [-0.25, -0.2) is 5.43 Å². The summed E-state index contributed by atoms with van der Waals surface area (Å²) in [5.41, 5.74) is 5.49.